The Hall–Kier alpha value is -1.38. The van der Waals surface area contributed by atoms with Crippen molar-refractivity contribution < 1.29 is 9.53 Å². The number of hydrogen-bond acceptors (Lipinski definition) is 7. The first-order valence-electron chi connectivity index (χ1n) is 9.54. The molecule has 1 saturated heterocycles. The van der Waals surface area contributed by atoms with Gasteiger partial charge in [-0.1, -0.05) is 18.7 Å². The van der Waals surface area contributed by atoms with E-state index in [1.807, 2.05) is 18.7 Å². The highest BCUT2D eigenvalue weighted by Crippen LogP contribution is 2.39. The molecule has 0 bridgehead atoms. The van der Waals surface area contributed by atoms with E-state index in [0.29, 0.717) is 35.7 Å². The molecule has 146 valence electrons. The normalized spacial score (nSPS) is 25.6. The average Bonchev–Trinajstić information content (AvgIpc) is 2.96. The van der Waals surface area contributed by atoms with Crippen molar-refractivity contribution >= 4 is 45.0 Å². The van der Waals surface area contributed by atoms with Crippen LogP contribution in [0.1, 0.15) is 37.6 Å². The summed E-state index contributed by atoms with van der Waals surface area (Å²) in [6.07, 6.45) is 3.50. The van der Waals surface area contributed by atoms with Gasteiger partial charge in [0.25, 0.3) is 0 Å². The monoisotopic (exact) mass is 406 g/mol. The minimum absolute atomic E-state index is 0.0748. The number of thiophene rings is 1. The molecule has 0 radical (unpaired) electrons. The van der Waals surface area contributed by atoms with Crippen LogP contribution in [-0.2, 0) is 22.4 Å². The minimum Gasteiger partial charge on any atom is -0.383 e. The van der Waals surface area contributed by atoms with Gasteiger partial charge >= 0.3 is 0 Å². The molecular formula is C19H26N4O2S2. The molecule has 3 heterocycles. The standard InChI is InChI=1S/C19H26N4O2S2/c1-10-4-5-13-14(6-10)27-18-16(13)17(20)21-19(22-18)26-9-15(24)23-7-11(2)25-12(3)8-23/h10-12H,4-9H2,1-3H3,(H2,20,21,22)/t10-,11+,12+/m1/s1. The van der Waals surface area contributed by atoms with Gasteiger partial charge in [0, 0.05) is 18.0 Å². The van der Waals surface area contributed by atoms with E-state index in [1.54, 1.807) is 11.3 Å². The largest absolute Gasteiger partial charge is 0.383 e. The lowest BCUT2D eigenvalue weighted by Gasteiger charge is -2.35. The van der Waals surface area contributed by atoms with Gasteiger partial charge in [-0.2, -0.15) is 0 Å². The van der Waals surface area contributed by atoms with Crippen molar-refractivity contribution in [1.29, 1.82) is 0 Å². The van der Waals surface area contributed by atoms with Crippen molar-refractivity contribution in [1.82, 2.24) is 14.9 Å². The molecule has 0 saturated carbocycles. The molecule has 0 unspecified atom stereocenters. The fourth-order valence-electron chi connectivity index (χ4n) is 4.01. The zero-order valence-electron chi connectivity index (χ0n) is 16.0. The van der Waals surface area contributed by atoms with Crippen LogP contribution in [0.15, 0.2) is 5.16 Å². The average molecular weight is 407 g/mol. The van der Waals surface area contributed by atoms with Crippen molar-refractivity contribution in [2.24, 2.45) is 5.92 Å². The molecule has 1 amide bonds. The molecule has 0 spiro atoms. The summed E-state index contributed by atoms with van der Waals surface area (Å²) in [4.78, 5) is 26.0. The minimum atomic E-state index is 0.0748. The number of amides is 1. The van der Waals surface area contributed by atoms with Crippen molar-refractivity contribution in [3.63, 3.8) is 0 Å². The summed E-state index contributed by atoms with van der Waals surface area (Å²) in [7, 11) is 0. The van der Waals surface area contributed by atoms with Gasteiger partial charge in [-0.15, -0.1) is 11.3 Å². The van der Waals surface area contributed by atoms with Crippen LogP contribution in [0.2, 0.25) is 0 Å². The quantitative estimate of drug-likeness (QED) is 0.623. The highest BCUT2D eigenvalue weighted by atomic mass is 32.2. The smallest absolute Gasteiger partial charge is 0.233 e. The number of thioether (sulfide) groups is 1. The van der Waals surface area contributed by atoms with Crippen molar-refractivity contribution in [2.75, 3.05) is 24.6 Å². The van der Waals surface area contributed by atoms with Gasteiger partial charge in [0.1, 0.15) is 10.6 Å². The van der Waals surface area contributed by atoms with Crippen LogP contribution in [0.4, 0.5) is 5.82 Å². The van der Waals surface area contributed by atoms with Gasteiger partial charge < -0.3 is 15.4 Å². The van der Waals surface area contributed by atoms with Crippen LogP contribution >= 0.6 is 23.1 Å². The number of nitrogens with two attached hydrogens (primary N) is 1. The van der Waals surface area contributed by atoms with Crippen LogP contribution in [-0.4, -0.2) is 51.8 Å². The number of aryl methyl sites for hydroxylation is 1. The van der Waals surface area contributed by atoms with Crippen LogP contribution in [0.5, 0.6) is 0 Å². The Kier molecular flexibility index (Phi) is 5.31. The Morgan fingerprint density at radius 3 is 2.78 bits per heavy atom. The predicted molar refractivity (Wildman–Crippen MR) is 110 cm³/mol. The molecule has 4 rings (SSSR count). The number of nitrogens with zero attached hydrogens (tertiary/aromatic N) is 3. The number of morpholine rings is 1. The highest BCUT2D eigenvalue weighted by Gasteiger charge is 2.27. The van der Waals surface area contributed by atoms with E-state index in [9.17, 15) is 4.79 Å². The van der Waals surface area contributed by atoms with Crippen molar-refractivity contribution in [3.05, 3.63) is 10.4 Å². The molecule has 3 atom stereocenters. The summed E-state index contributed by atoms with van der Waals surface area (Å²) in [6.45, 7) is 7.58. The maximum Gasteiger partial charge on any atom is 0.233 e. The van der Waals surface area contributed by atoms with Crippen molar-refractivity contribution in [3.8, 4) is 0 Å². The van der Waals surface area contributed by atoms with Gasteiger partial charge in [-0.3, -0.25) is 4.79 Å². The number of carbonyl (C=O) groups is 1. The first-order valence-corrected chi connectivity index (χ1v) is 11.3. The Balaban J connectivity index is 1.49. The fourth-order valence-corrected chi connectivity index (χ4v) is 6.22. The van der Waals surface area contributed by atoms with E-state index < -0.39 is 0 Å². The Bertz CT molecular complexity index is 859. The molecule has 2 aromatic heterocycles. The first-order chi connectivity index (χ1) is 12.9. The lowest BCUT2D eigenvalue weighted by molar-refractivity contribution is -0.140. The number of nitrogen functional groups attached to an aromatic ring is 1. The van der Waals surface area contributed by atoms with Crippen LogP contribution < -0.4 is 5.73 Å². The number of fused-ring (bicyclic) bond motifs is 3. The fraction of sp³-hybridized carbons (Fsp3) is 0.632. The molecule has 1 aliphatic heterocycles. The second-order valence-corrected chi connectivity index (χ2v) is 9.79. The van der Waals surface area contributed by atoms with E-state index in [1.165, 1.54) is 28.6 Å². The van der Waals surface area contributed by atoms with Gasteiger partial charge in [0.2, 0.25) is 5.91 Å². The number of ether oxygens (including phenoxy) is 1. The van der Waals surface area contributed by atoms with Gasteiger partial charge in [-0.25, -0.2) is 9.97 Å². The second kappa shape index (κ2) is 7.56. The molecule has 2 aliphatic rings. The molecule has 8 heteroatoms. The van der Waals surface area contributed by atoms with E-state index in [0.717, 1.165) is 23.1 Å². The zero-order chi connectivity index (χ0) is 19.1. The Labute approximate surface area is 167 Å². The predicted octanol–water partition coefficient (Wildman–Crippen LogP) is 3.13. The number of anilines is 1. The third-order valence-corrected chi connectivity index (χ3v) is 7.24. The highest BCUT2D eigenvalue weighted by molar-refractivity contribution is 7.99. The number of rotatable bonds is 3. The summed E-state index contributed by atoms with van der Waals surface area (Å²) >= 11 is 3.11. The van der Waals surface area contributed by atoms with E-state index in [-0.39, 0.29) is 18.1 Å². The molecule has 6 nitrogen and oxygen atoms in total. The van der Waals surface area contributed by atoms with E-state index in [4.69, 9.17) is 15.5 Å². The SMILES string of the molecule is C[C@@H]1CCc2c(sc3nc(SCC(=O)N4C[C@H](C)O[C@@H](C)C4)nc(N)c23)C1. The Morgan fingerprint density at radius 1 is 1.30 bits per heavy atom. The summed E-state index contributed by atoms with van der Waals surface area (Å²) in [5.41, 5.74) is 7.62. The molecule has 27 heavy (non-hydrogen) atoms. The summed E-state index contributed by atoms with van der Waals surface area (Å²) in [6, 6.07) is 0. The van der Waals surface area contributed by atoms with Gasteiger partial charge in [-0.05, 0) is 44.6 Å². The molecule has 2 N–H and O–H groups in total. The molecule has 2 aromatic rings. The summed E-state index contributed by atoms with van der Waals surface area (Å²) in [5, 5.41) is 1.63. The topological polar surface area (TPSA) is 81.3 Å². The lowest BCUT2D eigenvalue weighted by Crippen LogP contribution is -2.48. The third-order valence-electron chi connectivity index (χ3n) is 5.26. The number of carbonyl (C=O) groups excluding carboxylic acids is 1. The van der Waals surface area contributed by atoms with Crippen LogP contribution in [0.25, 0.3) is 10.2 Å². The second-order valence-electron chi connectivity index (χ2n) is 7.77. The van der Waals surface area contributed by atoms with Crippen LogP contribution in [0.3, 0.4) is 0 Å². The van der Waals surface area contributed by atoms with Gasteiger partial charge in [0.05, 0.1) is 23.3 Å². The molecule has 1 aliphatic carbocycles. The maximum absolute atomic E-state index is 12.6. The summed E-state index contributed by atoms with van der Waals surface area (Å²) in [5.74, 6) is 1.69. The van der Waals surface area contributed by atoms with Gasteiger partial charge in [0.15, 0.2) is 5.16 Å². The summed E-state index contributed by atoms with van der Waals surface area (Å²) < 4.78 is 5.70. The lowest BCUT2D eigenvalue weighted by atomic mass is 9.89. The van der Waals surface area contributed by atoms with E-state index >= 15 is 0 Å². The number of hydrogen-bond donors (Lipinski definition) is 1. The Morgan fingerprint density at radius 2 is 2.04 bits per heavy atom. The van der Waals surface area contributed by atoms with Crippen LogP contribution in [0, 0.1) is 5.92 Å². The maximum atomic E-state index is 12.6. The molecular weight excluding hydrogens is 380 g/mol. The third kappa shape index (κ3) is 3.93. The molecule has 0 aromatic carbocycles. The van der Waals surface area contributed by atoms with Crippen molar-refractivity contribution in [2.45, 2.75) is 57.4 Å². The first kappa shape index (κ1) is 19.0. The number of aromatic nitrogens is 2. The zero-order valence-corrected chi connectivity index (χ0v) is 17.7. The van der Waals surface area contributed by atoms with E-state index in [2.05, 4.69) is 11.9 Å². The molecule has 1 fully saturated rings.